The number of hydrogen-bond acceptors (Lipinski definition) is 5. The molecule has 30 heavy (non-hydrogen) atoms. The van der Waals surface area contributed by atoms with E-state index in [4.69, 9.17) is 9.47 Å². The molecule has 0 aliphatic rings. The second kappa shape index (κ2) is 8.71. The minimum Gasteiger partial charge on any atom is -0.494 e. The summed E-state index contributed by atoms with van der Waals surface area (Å²) in [6, 6.07) is 15.8. The summed E-state index contributed by atoms with van der Waals surface area (Å²) in [4.78, 5) is 19.6. The van der Waals surface area contributed by atoms with Crippen LogP contribution in [0.3, 0.4) is 0 Å². The average molecular weight is 421 g/mol. The Morgan fingerprint density at radius 3 is 2.33 bits per heavy atom. The lowest BCUT2D eigenvalue weighted by atomic mass is 10.0. The van der Waals surface area contributed by atoms with Gasteiger partial charge >= 0.3 is 0 Å². The first-order valence-corrected chi connectivity index (χ1v) is 10.8. The zero-order valence-electron chi connectivity index (χ0n) is 17.3. The highest BCUT2D eigenvalue weighted by Crippen LogP contribution is 2.36. The Hall–Kier alpha value is -3.12. The molecule has 0 aliphatic heterocycles. The molecule has 0 fully saturated rings. The number of aromatic nitrogens is 2. The van der Waals surface area contributed by atoms with E-state index < -0.39 is 0 Å². The molecule has 0 spiro atoms. The van der Waals surface area contributed by atoms with E-state index in [0.717, 1.165) is 32.3 Å². The van der Waals surface area contributed by atoms with E-state index >= 15 is 0 Å². The van der Waals surface area contributed by atoms with E-state index in [1.807, 2.05) is 69.3 Å². The molecule has 4 rings (SSSR count). The van der Waals surface area contributed by atoms with Gasteiger partial charge in [-0.1, -0.05) is 29.8 Å². The highest BCUT2D eigenvalue weighted by atomic mass is 32.1. The lowest BCUT2D eigenvalue weighted by Crippen LogP contribution is -2.23. The Balaban J connectivity index is 1.62. The largest absolute Gasteiger partial charge is 0.494 e. The molecule has 0 aliphatic carbocycles. The maximum atomic E-state index is 13.2. The van der Waals surface area contributed by atoms with Crippen LogP contribution in [0, 0.1) is 13.8 Å². The normalized spacial score (nSPS) is 11.0. The molecule has 2 aromatic heterocycles. The van der Waals surface area contributed by atoms with Crippen LogP contribution in [0.25, 0.3) is 21.3 Å². The van der Waals surface area contributed by atoms with Crippen molar-refractivity contribution in [2.45, 2.75) is 27.3 Å². The Labute approximate surface area is 179 Å². The maximum Gasteiger partial charge on any atom is 0.262 e. The summed E-state index contributed by atoms with van der Waals surface area (Å²) in [5, 5.41) is 0.666. The van der Waals surface area contributed by atoms with E-state index in [-0.39, 0.29) is 5.56 Å². The van der Waals surface area contributed by atoms with Crippen molar-refractivity contribution in [3.63, 3.8) is 0 Å². The molecular weight excluding hydrogens is 396 g/mol. The van der Waals surface area contributed by atoms with Gasteiger partial charge in [0.1, 0.15) is 22.9 Å². The SMILES string of the molecule is CCOc1ccc(-c2c(C)sc3ncn(CCOc4ccc(C)cc4)c(=O)c23)cc1. The predicted octanol–water partition coefficient (Wildman–Crippen LogP) is 5.22. The smallest absolute Gasteiger partial charge is 0.262 e. The van der Waals surface area contributed by atoms with Crippen LogP contribution in [0.4, 0.5) is 0 Å². The molecule has 0 radical (unpaired) electrons. The number of nitrogens with zero attached hydrogens (tertiary/aromatic N) is 2. The summed E-state index contributed by atoms with van der Waals surface area (Å²) < 4.78 is 13.0. The van der Waals surface area contributed by atoms with Gasteiger partial charge in [-0.15, -0.1) is 11.3 Å². The van der Waals surface area contributed by atoms with Crippen molar-refractivity contribution in [2.75, 3.05) is 13.2 Å². The minimum absolute atomic E-state index is 0.0410. The lowest BCUT2D eigenvalue weighted by Gasteiger charge is -2.09. The fourth-order valence-electron chi connectivity index (χ4n) is 3.43. The summed E-state index contributed by atoms with van der Waals surface area (Å²) >= 11 is 1.55. The lowest BCUT2D eigenvalue weighted by molar-refractivity contribution is 0.296. The number of rotatable bonds is 7. The summed E-state index contributed by atoms with van der Waals surface area (Å²) in [5.74, 6) is 1.62. The number of benzene rings is 2. The third kappa shape index (κ3) is 4.09. The number of fused-ring (bicyclic) bond motifs is 1. The average Bonchev–Trinajstić information content (AvgIpc) is 3.09. The van der Waals surface area contributed by atoms with Crippen LogP contribution in [-0.2, 0) is 6.54 Å². The second-order valence-corrected chi connectivity index (χ2v) is 8.28. The molecule has 0 saturated heterocycles. The van der Waals surface area contributed by atoms with Gasteiger partial charge in [-0.25, -0.2) is 4.98 Å². The van der Waals surface area contributed by atoms with Crippen molar-refractivity contribution in [3.8, 4) is 22.6 Å². The van der Waals surface area contributed by atoms with Gasteiger partial charge < -0.3 is 9.47 Å². The minimum atomic E-state index is -0.0410. The molecular formula is C24H24N2O3S. The van der Waals surface area contributed by atoms with Crippen molar-refractivity contribution in [1.82, 2.24) is 9.55 Å². The van der Waals surface area contributed by atoms with E-state index in [9.17, 15) is 4.79 Å². The van der Waals surface area contributed by atoms with Crippen LogP contribution in [0.2, 0.25) is 0 Å². The Kier molecular flexibility index (Phi) is 5.86. The highest BCUT2D eigenvalue weighted by Gasteiger charge is 2.17. The summed E-state index contributed by atoms with van der Waals surface area (Å²) in [7, 11) is 0. The third-order valence-electron chi connectivity index (χ3n) is 4.93. The van der Waals surface area contributed by atoms with Crippen molar-refractivity contribution >= 4 is 21.6 Å². The number of thiophene rings is 1. The molecule has 0 atom stereocenters. The summed E-state index contributed by atoms with van der Waals surface area (Å²) in [5.41, 5.74) is 3.09. The Morgan fingerprint density at radius 2 is 1.63 bits per heavy atom. The third-order valence-corrected chi connectivity index (χ3v) is 5.94. The van der Waals surface area contributed by atoms with Crippen molar-refractivity contribution < 1.29 is 9.47 Å². The summed E-state index contributed by atoms with van der Waals surface area (Å²) in [6.07, 6.45) is 1.61. The molecule has 2 aromatic carbocycles. The number of hydrogen-bond donors (Lipinski definition) is 0. The predicted molar refractivity (Wildman–Crippen MR) is 122 cm³/mol. The van der Waals surface area contributed by atoms with Crippen LogP contribution >= 0.6 is 11.3 Å². The van der Waals surface area contributed by atoms with Gasteiger partial charge in [0.2, 0.25) is 0 Å². The molecule has 6 heteroatoms. The number of aryl methyl sites for hydroxylation is 2. The standard InChI is InChI=1S/C24H24N2O3S/c1-4-28-19-11-7-18(8-12-19)21-17(3)30-23-22(21)24(27)26(15-25-23)13-14-29-20-9-5-16(2)6-10-20/h5-12,15H,4,13-14H2,1-3H3. The molecule has 0 amide bonds. The Bertz CT molecular complexity index is 1210. The first kappa shape index (κ1) is 20.2. The fraction of sp³-hybridized carbons (Fsp3) is 0.250. The molecule has 0 bridgehead atoms. The Morgan fingerprint density at radius 1 is 0.967 bits per heavy atom. The molecule has 2 heterocycles. The zero-order valence-corrected chi connectivity index (χ0v) is 18.2. The quantitative estimate of drug-likeness (QED) is 0.411. The van der Waals surface area contributed by atoms with Crippen molar-refractivity contribution in [2.24, 2.45) is 0 Å². The molecule has 4 aromatic rings. The van der Waals surface area contributed by atoms with E-state index in [1.165, 1.54) is 5.56 Å². The topological polar surface area (TPSA) is 53.4 Å². The first-order valence-electron chi connectivity index (χ1n) is 9.98. The fourth-order valence-corrected chi connectivity index (χ4v) is 4.43. The first-order chi connectivity index (χ1) is 14.6. The van der Waals surface area contributed by atoms with Gasteiger partial charge in [-0.2, -0.15) is 0 Å². The van der Waals surface area contributed by atoms with Gasteiger partial charge in [0.05, 0.1) is 24.9 Å². The summed E-state index contributed by atoms with van der Waals surface area (Å²) in [6.45, 7) is 7.49. The van der Waals surface area contributed by atoms with Crippen LogP contribution < -0.4 is 15.0 Å². The van der Waals surface area contributed by atoms with E-state index in [2.05, 4.69) is 4.98 Å². The molecule has 0 N–H and O–H groups in total. The highest BCUT2D eigenvalue weighted by molar-refractivity contribution is 7.19. The zero-order chi connectivity index (χ0) is 21.1. The molecule has 154 valence electrons. The van der Waals surface area contributed by atoms with Crippen molar-refractivity contribution in [1.29, 1.82) is 0 Å². The van der Waals surface area contributed by atoms with Crippen molar-refractivity contribution in [3.05, 3.63) is 75.7 Å². The van der Waals surface area contributed by atoms with Gasteiger partial charge in [-0.05, 0) is 50.6 Å². The monoisotopic (exact) mass is 420 g/mol. The van der Waals surface area contributed by atoms with Gasteiger partial charge in [-0.3, -0.25) is 9.36 Å². The van der Waals surface area contributed by atoms with Gasteiger partial charge in [0.15, 0.2) is 0 Å². The van der Waals surface area contributed by atoms with E-state index in [0.29, 0.717) is 25.1 Å². The molecule has 0 unspecified atom stereocenters. The van der Waals surface area contributed by atoms with Crippen LogP contribution in [0.1, 0.15) is 17.4 Å². The van der Waals surface area contributed by atoms with Gasteiger partial charge in [0.25, 0.3) is 5.56 Å². The number of ether oxygens (including phenoxy) is 2. The molecule has 0 saturated carbocycles. The van der Waals surface area contributed by atoms with Gasteiger partial charge in [0, 0.05) is 10.4 Å². The maximum absolute atomic E-state index is 13.2. The van der Waals surface area contributed by atoms with E-state index in [1.54, 1.807) is 22.2 Å². The second-order valence-electron chi connectivity index (χ2n) is 7.08. The van der Waals surface area contributed by atoms with Crippen LogP contribution in [0.15, 0.2) is 59.7 Å². The van der Waals surface area contributed by atoms with Crippen LogP contribution in [0.5, 0.6) is 11.5 Å². The van der Waals surface area contributed by atoms with Crippen LogP contribution in [-0.4, -0.2) is 22.8 Å². The molecule has 5 nitrogen and oxygen atoms in total.